The zero-order valence-corrected chi connectivity index (χ0v) is 12.9. The number of rotatable bonds is 4. The van der Waals surface area contributed by atoms with Crippen LogP contribution in [0.1, 0.15) is 31.2 Å². The van der Waals surface area contributed by atoms with Crippen molar-refractivity contribution in [2.24, 2.45) is 11.1 Å². The topological polar surface area (TPSA) is 55.1 Å². The summed E-state index contributed by atoms with van der Waals surface area (Å²) in [5, 5.41) is 2.54. The van der Waals surface area contributed by atoms with Gasteiger partial charge in [-0.05, 0) is 58.9 Å². The Morgan fingerprint density at radius 2 is 2.05 bits per heavy atom. The first-order chi connectivity index (χ1) is 9.76. The highest BCUT2D eigenvalue weighted by molar-refractivity contribution is 9.10. The van der Waals surface area contributed by atoms with Gasteiger partial charge in [-0.3, -0.25) is 4.79 Å². The summed E-state index contributed by atoms with van der Waals surface area (Å²) in [6.45, 7) is 0.421. The fourth-order valence-electron chi connectivity index (χ4n) is 2.46. The number of amides is 1. The van der Waals surface area contributed by atoms with Crippen molar-refractivity contribution >= 4 is 27.5 Å². The van der Waals surface area contributed by atoms with Crippen LogP contribution in [0.4, 0.5) is 18.9 Å². The molecule has 1 aliphatic carbocycles. The lowest BCUT2D eigenvalue weighted by atomic mass is 9.66. The Kier molecular flexibility index (Phi) is 4.63. The second-order valence-electron chi connectivity index (χ2n) is 5.48. The van der Waals surface area contributed by atoms with Gasteiger partial charge in [0.2, 0.25) is 5.91 Å². The normalized spacial score (nSPS) is 17.2. The van der Waals surface area contributed by atoms with Crippen LogP contribution >= 0.6 is 15.9 Å². The van der Waals surface area contributed by atoms with E-state index in [1.54, 1.807) is 0 Å². The molecule has 116 valence electrons. The number of anilines is 1. The van der Waals surface area contributed by atoms with Gasteiger partial charge in [-0.15, -0.1) is 0 Å². The number of nitrogens with one attached hydrogen (secondary N) is 1. The highest BCUT2D eigenvalue weighted by Crippen LogP contribution is 2.43. The number of carbonyl (C=O) groups excluding carboxylic acids is 1. The molecule has 0 radical (unpaired) electrons. The van der Waals surface area contributed by atoms with Gasteiger partial charge in [0.1, 0.15) is 0 Å². The number of hydrogen-bond acceptors (Lipinski definition) is 2. The minimum atomic E-state index is -4.44. The van der Waals surface area contributed by atoms with E-state index in [0.29, 0.717) is 11.0 Å². The lowest BCUT2D eigenvalue weighted by Gasteiger charge is -2.40. The summed E-state index contributed by atoms with van der Waals surface area (Å²) in [4.78, 5) is 12.0. The molecule has 1 saturated carbocycles. The van der Waals surface area contributed by atoms with E-state index in [0.717, 1.165) is 31.4 Å². The van der Waals surface area contributed by atoms with E-state index in [-0.39, 0.29) is 23.4 Å². The molecule has 0 aliphatic heterocycles. The van der Waals surface area contributed by atoms with Crippen LogP contribution in [0.15, 0.2) is 22.7 Å². The number of hydrogen-bond donors (Lipinski definition) is 2. The first kappa shape index (κ1) is 16.3. The molecule has 0 atom stereocenters. The number of carbonyl (C=O) groups is 1. The second-order valence-corrected chi connectivity index (χ2v) is 6.33. The van der Waals surface area contributed by atoms with Crippen LogP contribution in [0.25, 0.3) is 0 Å². The summed E-state index contributed by atoms with van der Waals surface area (Å²) in [5.41, 5.74) is 4.83. The molecule has 2 rings (SSSR count). The molecule has 0 aromatic heterocycles. The molecule has 7 heteroatoms. The van der Waals surface area contributed by atoms with Crippen molar-refractivity contribution in [2.45, 2.75) is 31.9 Å². The van der Waals surface area contributed by atoms with Crippen LogP contribution in [0.5, 0.6) is 0 Å². The first-order valence-corrected chi connectivity index (χ1v) is 7.42. The Labute approximate surface area is 129 Å². The SMILES string of the molecule is NCC1(CC(=O)Nc2cc(C(F)(F)F)ccc2Br)CCC1. The van der Waals surface area contributed by atoms with Crippen molar-refractivity contribution in [3.05, 3.63) is 28.2 Å². The second kappa shape index (κ2) is 5.96. The number of benzene rings is 1. The maximum atomic E-state index is 12.7. The lowest BCUT2D eigenvalue weighted by Crippen LogP contribution is -2.40. The Morgan fingerprint density at radius 1 is 1.38 bits per heavy atom. The molecule has 21 heavy (non-hydrogen) atoms. The van der Waals surface area contributed by atoms with Crippen LogP contribution in [0.3, 0.4) is 0 Å². The molecule has 0 unspecified atom stereocenters. The van der Waals surface area contributed by atoms with Crippen molar-refractivity contribution in [2.75, 3.05) is 11.9 Å². The molecule has 1 aliphatic rings. The summed E-state index contributed by atoms with van der Waals surface area (Å²) in [5.74, 6) is -0.305. The van der Waals surface area contributed by atoms with Gasteiger partial charge < -0.3 is 11.1 Å². The number of halogens is 4. The van der Waals surface area contributed by atoms with Gasteiger partial charge in [0, 0.05) is 10.9 Å². The van der Waals surface area contributed by atoms with Crippen molar-refractivity contribution in [3.63, 3.8) is 0 Å². The molecular formula is C14H16BrF3N2O. The van der Waals surface area contributed by atoms with Gasteiger partial charge in [-0.1, -0.05) is 6.42 Å². The molecule has 1 fully saturated rings. The van der Waals surface area contributed by atoms with E-state index in [1.807, 2.05) is 0 Å². The summed E-state index contributed by atoms with van der Waals surface area (Å²) >= 11 is 3.15. The third kappa shape index (κ3) is 3.77. The van der Waals surface area contributed by atoms with Crippen LogP contribution in [-0.2, 0) is 11.0 Å². The fraction of sp³-hybridized carbons (Fsp3) is 0.500. The van der Waals surface area contributed by atoms with Crippen molar-refractivity contribution in [1.82, 2.24) is 0 Å². The molecule has 1 amide bonds. The minimum absolute atomic E-state index is 0.126. The zero-order valence-electron chi connectivity index (χ0n) is 11.3. The van der Waals surface area contributed by atoms with Crippen LogP contribution in [0, 0.1) is 5.41 Å². The molecule has 1 aromatic carbocycles. The van der Waals surface area contributed by atoms with Crippen molar-refractivity contribution in [1.29, 1.82) is 0 Å². The standard InChI is InChI=1S/C14H16BrF3N2O/c15-10-3-2-9(14(16,17)18)6-11(10)20-12(21)7-13(8-19)4-1-5-13/h2-3,6H,1,4-5,7-8,19H2,(H,20,21). The first-order valence-electron chi connectivity index (χ1n) is 6.62. The van der Waals surface area contributed by atoms with E-state index >= 15 is 0 Å². The molecule has 1 aromatic rings. The van der Waals surface area contributed by atoms with Crippen molar-refractivity contribution in [3.8, 4) is 0 Å². The highest BCUT2D eigenvalue weighted by Gasteiger charge is 2.37. The summed E-state index contributed by atoms with van der Waals surface area (Å²) in [6.07, 6.45) is -1.38. The van der Waals surface area contributed by atoms with Gasteiger partial charge >= 0.3 is 6.18 Å². The number of alkyl halides is 3. The largest absolute Gasteiger partial charge is 0.416 e. The third-order valence-electron chi connectivity index (χ3n) is 3.95. The van der Waals surface area contributed by atoms with Gasteiger partial charge in [0.05, 0.1) is 11.3 Å². The molecule has 0 spiro atoms. The maximum absolute atomic E-state index is 12.7. The predicted octanol–water partition coefficient (Wildman–Crippen LogP) is 3.93. The molecule has 3 N–H and O–H groups in total. The quantitative estimate of drug-likeness (QED) is 0.850. The summed E-state index contributed by atoms with van der Waals surface area (Å²) in [6, 6.07) is 3.17. The minimum Gasteiger partial charge on any atom is -0.330 e. The van der Waals surface area contributed by atoms with Crippen LogP contribution < -0.4 is 11.1 Å². The van der Waals surface area contributed by atoms with E-state index in [2.05, 4.69) is 21.2 Å². The predicted molar refractivity (Wildman–Crippen MR) is 77.7 cm³/mol. The average Bonchev–Trinajstić information content (AvgIpc) is 2.35. The van der Waals surface area contributed by atoms with Gasteiger partial charge in [0.25, 0.3) is 0 Å². The Bertz CT molecular complexity index is 536. The molecule has 0 bridgehead atoms. The smallest absolute Gasteiger partial charge is 0.330 e. The zero-order chi connectivity index (χ0) is 15.7. The third-order valence-corrected chi connectivity index (χ3v) is 4.64. The van der Waals surface area contributed by atoms with Crippen LogP contribution in [0.2, 0.25) is 0 Å². The van der Waals surface area contributed by atoms with Gasteiger partial charge in [-0.2, -0.15) is 13.2 Å². The summed E-state index contributed by atoms with van der Waals surface area (Å²) in [7, 11) is 0. The maximum Gasteiger partial charge on any atom is 0.416 e. The van der Waals surface area contributed by atoms with E-state index < -0.39 is 11.7 Å². The molecule has 3 nitrogen and oxygen atoms in total. The molecule has 0 saturated heterocycles. The van der Waals surface area contributed by atoms with E-state index in [1.165, 1.54) is 6.07 Å². The number of nitrogens with two attached hydrogens (primary N) is 1. The van der Waals surface area contributed by atoms with Crippen LogP contribution in [-0.4, -0.2) is 12.5 Å². The molecule has 0 heterocycles. The Hall–Kier alpha value is -1.08. The molecular weight excluding hydrogens is 349 g/mol. The van der Waals surface area contributed by atoms with Crippen molar-refractivity contribution < 1.29 is 18.0 Å². The fourth-order valence-corrected chi connectivity index (χ4v) is 2.81. The highest BCUT2D eigenvalue weighted by atomic mass is 79.9. The lowest BCUT2D eigenvalue weighted by molar-refractivity contribution is -0.137. The monoisotopic (exact) mass is 364 g/mol. The van der Waals surface area contributed by atoms with E-state index in [9.17, 15) is 18.0 Å². The average molecular weight is 365 g/mol. The van der Waals surface area contributed by atoms with Gasteiger partial charge in [0.15, 0.2) is 0 Å². The summed E-state index contributed by atoms with van der Waals surface area (Å²) < 4.78 is 38.5. The Balaban J connectivity index is 2.10. The van der Waals surface area contributed by atoms with E-state index in [4.69, 9.17) is 5.73 Å². The van der Waals surface area contributed by atoms with Gasteiger partial charge in [-0.25, -0.2) is 0 Å². The Morgan fingerprint density at radius 3 is 2.52 bits per heavy atom.